The van der Waals surface area contributed by atoms with Gasteiger partial charge in [-0.05, 0) is 55.0 Å². The van der Waals surface area contributed by atoms with Crippen molar-refractivity contribution in [1.82, 2.24) is 14.9 Å². The van der Waals surface area contributed by atoms with Crippen LogP contribution in [0.5, 0.6) is 0 Å². The van der Waals surface area contributed by atoms with Crippen LogP contribution in [0.15, 0.2) is 60.9 Å². The molecule has 1 fully saturated rings. The van der Waals surface area contributed by atoms with E-state index in [0.29, 0.717) is 25.8 Å². The molecule has 0 bridgehead atoms. The summed E-state index contributed by atoms with van der Waals surface area (Å²) in [7, 11) is 0. The Morgan fingerprint density at radius 2 is 1.84 bits per heavy atom. The van der Waals surface area contributed by atoms with E-state index in [1.54, 1.807) is 24.1 Å². The third kappa shape index (κ3) is 4.51. The first-order chi connectivity index (χ1) is 15.4. The summed E-state index contributed by atoms with van der Waals surface area (Å²) in [6, 6.07) is 14.1. The van der Waals surface area contributed by atoms with Crippen LogP contribution in [-0.4, -0.2) is 39.8 Å². The third-order valence-electron chi connectivity index (χ3n) is 6.01. The Hall–Kier alpha value is -3.61. The molecule has 0 aliphatic carbocycles. The number of hydrogen-bond acceptors (Lipinski definition) is 4. The fourth-order valence-corrected chi connectivity index (χ4v) is 4.32. The summed E-state index contributed by atoms with van der Waals surface area (Å²) in [5, 5.41) is 0. The Bertz CT molecular complexity index is 1150. The molecular weight excluding hydrogens is 407 g/mol. The second-order valence-electron chi connectivity index (χ2n) is 8.41. The lowest BCUT2D eigenvalue weighted by atomic mass is 9.74. The maximum absolute atomic E-state index is 13.7. The predicted molar refractivity (Wildman–Crippen MR) is 119 cm³/mol. The van der Waals surface area contributed by atoms with Gasteiger partial charge in [0.2, 0.25) is 5.91 Å². The zero-order valence-corrected chi connectivity index (χ0v) is 17.9. The number of nitrogens with two attached hydrogens (primary N) is 1. The van der Waals surface area contributed by atoms with Crippen molar-refractivity contribution in [2.75, 3.05) is 13.1 Å². The van der Waals surface area contributed by atoms with Crippen molar-refractivity contribution >= 4 is 11.8 Å². The van der Waals surface area contributed by atoms with Crippen molar-refractivity contribution in [3.63, 3.8) is 0 Å². The van der Waals surface area contributed by atoms with E-state index in [0.717, 1.165) is 22.4 Å². The van der Waals surface area contributed by atoms with Crippen LogP contribution >= 0.6 is 0 Å². The molecule has 0 radical (unpaired) electrons. The van der Waals surface area contributed by atoms with E-state index in [4.69, 9.17) is 5.73 Å². The number of carbonyl (C=O) groups is 2. The highest BCUT2D eigenvalue weighted by atomic mass is 19.1. The van der Waals surface area contributed by atoms with Crippen molar-refractivity contribution in [3.05, 3.63) is 83.7 Å². The van der Waals surface area contributed by atoms with Crippen LogP contribution in [0.4, 0.5) is 4.39 Å². The summed E-state index contributed by atoms with van der Waals surface area (Å²) in [4.78, 5) is 35.6. The van der Waals surface area contributed by atoms with E-state index in [2.05, 4.69) is 9.97 Å². The number of amides is 2. The standard InChI is InChI=1S/C25H25FN4O2/c1-17-14-29-22(15-28-17)23(31)30-10-4-9-25(16-30,24(27)32)13-18-5-2-6-19(11-18)20-7-3-8-21(26)12-20/h2-3,5-8,11-12,14-15H,4,9-10,13,16H2,1H3,(H2,27,32)/t25-/m1/s1. The SMILES string of the molecule is Cc1cnc(C(=O)N2CCC[C@](Cc3cccc(-c4cccc(F)c4)c3)(C(N)=O)C2)cn1. The highest BCUT2D eigenvalue weighted by molar-refractivity contribution is 5.93. The number of piperidine rings is 1. The number of primary amides is 1. The third-order valence-corrected chi connectivity index (χ3v) is 6.01. The van der Waals surface area contributed by atoms with Crippen LogP contribution in [0, 0.1) is 18.2 Å². The zero-order chi connectivity index (χ0) is 22.7. The molecule has 2 N–H and O–H groups in total. The van der Waals surface area contributed by atoms with Gasteiger partial charge in [-0.15, -0.1) is 0 Å². The van der Waals surface area contributed by atoms with Gasteiger partial charge in [-0.2, -0.15) is 0 Å². The molecule has 1 saturated heterocycles. The van der Waals surface area contributed by atoms with Crippen molar-refractivity contribution in [1.29, 1.82) is 0 Å². The number of aromatic nitrogens is 2. The number of hydrogen-bond donors (Lipinski definition) is 1. The van der Waals surface area contributed by atoms with Gasteiger partial charge in [-0.25, -0.2) is 9.37 Å². The molecule has 6 nitrogen and oxygen atoms in total. The first kappa shape index (κ1) is 21.6. The molecule has 4 rings (SSSR count). The highest BCUT2D eigenvalue weighted by Gasteiger charge is 2.42. The molecule has 2 heterocycles. The fraction of sp³-hybridized carbons (Fsp3) is 0.280. The molecule has 164 valence electrons. The number of likely N-dealkylation sites (tertiary alicyclic amines) is 1. The molecule has 0 spiro atoms. The molecule has 2 aromatic carbocycles. The van der Waals surface area contributed by atoms with E-state index in [-0.39, 0.29) is 24.0 Å². The van der Waals surface area contributed by atoms with Gasteiger partial charge in [0.1, 0.15) is 11.5 Å². The summed E-state index contributed by atoms with van der Waals surface area (Å²) in [5.74, 6) is -0.986. The lowest BCUT2D eigenvalue weighted by Crippen LogP contribution is -2.53. The van der Waals surface area contributed by atoms with Crippen molar-refractivity contribution in [2.45, 2.75) is 26.2 Å². The molecule has 3 aromatic rings. The van der Waals surface area contributed by atoms with E-state index >= 15 is 0 Å². The van der Waals surface area contributed by atoms with Crippen molar-refractivity contribution in [3.8, 4) is 11.1 Å². The van der Waals surface area contributed by atoms with Crippen LogP contribution < -0.4 is 5.73 Å². The average molecular weight is 432 g/mol. The summed E-state index contributed by atoms with van der Waals surface area (Å²) in [6.07, 6.45) is 4.67. The van der Waals surface area contributed by atoms with Crippen molar-refractivity contribution < 1.29 is 14.0 Å². The second-order valence-corrected chi connectivity index (χ2v) is 8.41. The lowest BCUT2D eigenvalue weighted by molar-refractivity contribution is -0.130. The number of halogens is 1. The van der Waals surface area contributed by atoms with Crippen molar-refractivity contribution in [2.24, 2.45) is 11.1 Å². The van der Waals surface area contributed by atoms with Gasteiger partial charge in [0, 0.05) is 19.3 Å². The number of nitrogens with zero attached hydrogens (tertiary/aromatic N) is 3. The minimum atomic E-state index is -0.882. The van der Waals surface area contributed by atoms with Gasteiger partial charge < -0.3 is 10.6 Å². The van der Waals surface area contributed by atoms with Crippen LogP contribution in [0.2, 0.25) is 0 Å². The Balaban J connectivity index is 1.59. The molecule has 1 aliphatic rings. The number of rotatable bonds is 5. The number of benzene rings is 2. The van der Waals surface area contributed by atoms with Gasteiger partial charge in [0.25, 0.3) is 5.91 Å². The second kappa shape index (κ2) is 8.86. The lowest BCUT2D eigenvalue weighted by Gasteiger charge is -2.40. The van der Waals surface area contributed by atoms with Crippen LogP contribution in [0.25, 0.3) is 11.1 Å². The minimum absolute atomic E-state index is 0.223. The van der Waals surface area contributed by atoms with E-state index in [9.17, 15) is 14.0 Å². The Morgan fingerprint density at radius 3 is 2.53 bits per heavy atom. The summed E-state index contributed by atoms with van der Waals surface area (Å²) >= 11 is 0. The molecule has 7 heteroatoms. The van der Waals surface area contributed by atoms with Gasteiger partial charge in [0.05, 0.1) is 17.3 Å². The van der Waals surface area contributed by atoms with E-state index in [1.165, 1.54) is 18.3 Å². The monoisotopic (exact) mass is 432 g/mol. The Kier molecular flexibility index (Phi) is 5.99. The van der Waals surface area contributed by atoms with Gasteiger partial charge in [-0.3, -0.25) is 14.6 Å². The molecule has 1 aromatic heterocycles. The molecule has 32 heavy (non-hydrogen) atoms. The quantitative estimate of drug-likeness (QED) is 0.668. The smallest absolute Gasteiger partial charge is 0.274 e. The number of aryl methyl sites for hydroxylation is 1. The summed E-state index contributed by atoms with van der Waals surface area (Å²) in [5.41, 5.74) is 8.52. The predicted octanol–water partition coefficient (Wildman–Crippen LogP) is 3.54. The van der Waals surface area contributed by atoms with Crippen LogP contribution in [0.3, 0.4) is 0 Å². The van der Waals surface area contributed by atoms with Crippen LogP contribution in [-0.2, 0) is 11.2 Å². The Morgan fingerprint density at radius 1 is 1.09 bits per heavy atom. The van der Waals surface area contributed by atoms with Gasteiger partial charge >= 0.3 is 0 Å². The maximum Gasteiger partial charge on any atom is 0.274 e. The molecule has 2 amide bonds. The first-order valence-electron chi connectivity index (χ1n) is 10.6. The molecule has 1 aliphatic heterocycles. The fourth-order valence-electron chi connectivity index (χ4n) is 4.32. The minimum Gasteiger partial charge on any atom is -0.369 e. The molecule has 0 saturated carbocycles. The Labute approximate surface area is 186 Å². The molecule has 0 unspecified atom stereocenters. The van der Waals surface area contributed by atoms with Gasteiger partial charge in [0.15, 0.2) is 0 Å². The van der Waals surface area contributed by atoms with Crippen LogP contribution in [0.1, 0.15) is 34.6 Å². The number of carbonyl (C=O) groups excluding carboxylic acids is 2. The zero-order valence-electron chi connectivity index (χ0n) is 17.9. The topological polar surface area (TPSA) is 89.2 Å². The highest BCUT2D eigenvalue weighted by Crippen LogP contribution is 2.35. The maximum atomic E-state index is 13.7. The molecular formula is C25H25FN4O2. The van der Waals surface area contributed by atoms with E-state index in [1.807, 2.05) is 30.3 Å². The first-order valence-corrected chi connectivity index (χ1v) is 10.6. The van der Waals surface area contributed by atoms with Gasteiger partial charge in [-0.1, -0.05) is 36.4 Å². The average Bonchev–Trinajstić information content (AvgIpc) is 2.79. The molecule has 1 atom stereocenters. The summed E-state index contributed by atoms with van der Waals surface area (Å²) in [6.45, 7) is 2.56. The van der Waals surface area contributed by atoms with E-state index < -0.39 is 11.3 Å². The largest absolute Gasteiger partial charge is 0.369 e. The normalized spacial score (nSPS) is 18.4. The summed E-state index contributed by atoms with van der Waals surface area (Å²) < 4.78 is 13.7.